The van der Waals surface area contributed by atoms with Crippen molar-refractivity contribution in [3.05, 3.63) is 35.9 Å². The third-order valence-electron chi connectivity index (χ3n) is 4.22. The first-order valence-electron chi connectivity index (χ1n) is 7.30. The number of hydrogen-bond acceptors (Lipinski definition) is 3. The number of hydrogen-bond donors (Lipinski definition) is 2. The number of rotatable bonds is 6. The van der Waals surface area contributed by atoms with Gasteiger partial charge in [0.25, 0.3) is 0 Å². The first-order chi connectivity index (χ1) is 9.99. The molecule has 0 aliphatic carbocycles. The summed E-state index contributed by atoms with van der Waals surface area (Å²) in [6.45, 7) is 2.70. The second-order valence-corrected chi connectivity index (χ2v) is 5.76. The van der Waals surface area contributed by atoms with Gasteiger partial charge in [-0.25, -0.2) is 0 Å². The van der Waals surface area contributed by atoms with Crippen molar-refractivity contribution in [2.75, 3.05) is 13.1 Å². The molecule has 0 spiro atoms. The van der Waals surface area contributed by atoms with E-state index in [4.69, 9.17) is 10.8 Å². The summed E-state index contributed by atoms with van der Waals surface area (Å²) >= 11 is 0. The number of amides is 1. The van der Waals surface area contributed by atoms with E-state index in [1.54, 1.807) is 11.8 Å². The van der Waals surface area contributed by atoms with E-state index in [-0.39, 0.29) is 11.8 Å². The maximum atomic E-state index is 12.1. The van der Waals surface area contributed by atoms with E-state index in [1.165, 1.54) is 5.56 Å². The zero-order valence-corrected chi connectivity index (χ0v) is 12.2. The topological polar surface area (TPSA) is 83.6 Å². The summed E-state index contributed by atoms with van der Waals surface area (Å²) in [5.74, 6) is -1.23. The van der Waals surface area contributed by atoms with Crippen LogP contribution in [-0.4, -0.2) is 41.0 Å². The summed E-state index contributed by atoms with van der Waals surface area (Å²) in [5, 5.41) is 8.93. The fourth-order valence-corrected chi connectivity index (χ4v) is 2.54. The minimum atomic E-state index is -0.805. The summed E-state index contributed by atoms with van der Waals surface area (Å²) in [7, 11) is 0. The Hall–Kier alpha value is -1.88. The van der Waals surface area contributed by atoms with E-state index >= 15 is 0 Å². The lowest BCUT2D eigenvalue weighted by molar-refractivity contribution is -0.151. The van der Waals surface area contributed by atoms with Gasteiger partial charge in [0.15, 0.2) is 0 Å². The largest absolute Gasteiger partial charge is 0.481 e. The highest BCUT2D eigenvalue weighted by Crippen LogP contribution is 2.24. The second-order valence-electron chi connectivity index (χ2n) is 5.76. The standard InChI is InChI=1S/C16H22N2O3/c1-11(16(20)21)13-9-18(10-13)15(19)14(17)8-7-12-5-3-2-4-6-12/h2-6,11,13-14H,7-10,17H2,1H3,(H,20,21)/t11?,14-/m0/s1. The van der Waals surface area contributed by atoms with Gasteiger partial charge in [-0.15, -0.1) is 0 Å². The van der Waals surface area contributed by atoms with Crippen LogP contribution in [0.15, 0.2) is 30.3 Å². The molecule has 1 aliphatic heterocycles. The van der Waals surface area contributed by atoms with Crippen LogP contribution < -0.4 is 5.73 Å². The van der Waals surface area contributed by atoms with Crippen molar-refractivity contribution in [1.82, 2.24) is 4.90 Å². The van der Waals surface area contributed by atoms with Crippen LogP contribution >= 0.6 is 0 Å². The molecule has 0 bridgehead atoms. The fourth-order valence-electron chi connectivity index (χ4n) is 2.54. The molecule has 5 nitrogen and oxygen atoms in total. The molecule has 0 saturated carbocycles. The maximum absolute atomic E-state index is 12.1. The molecule has 0 radical (unpaired) electrons. The summed E-state index contributed by atoms with van der Waals surface area (Å²) in [6, 6.07) is 9.42. The Morgan fingerprint density at radius 1 is 1.33 bits per heavy atom. The fraction of sp³-hybridized carbons (Fsp3) is 0.500. The minimum absolute atomic E-state index is 0.0489. The first kappa shape index (κ1) is 15.5. The highest BCUT2D eigenvalue weighted by Gasteiger charge is 2.38. The molecule has 1 aliphatic rings. The molecule has 21 heavy (non-hydrogen) atoms. The van der Waals surface area contributed by atoms with Gasteiger partial charge in [-0.3, -0.25) is 9.59 Å². The normalized spacial score (nSPS) is 17.9. The summed E-state index contributed by atoms with van der Waals surface area (Å²) in [4.78, 5) is 24.7. The molecule has 1 unspecified atom stereocenters. The number of nitrogens with zero attached hydrogens (tertiary/aromatic N) is 1. The van der Waals surface area contributed by atoms with Crippen molar-refractivity contribution < 1.29 is 14.7 Å². The summed E-state index contributed by atoms with van der Waals surface area (Å²) in [5.41, 5.74) is 7.12. The van der Waals surface area contributed by atoms with Crippen LogP contribution in [0.1, 0.15) is 18.9 Å². The number of carboxylic acid groups (broad SMARTS) is 1. The molecule has 1 heterocycles. The molecule has 1 amide bonds. The lowest BCUT2D eigenvalue weighted by atomic mass is 9.86. The smallest absolute Gasteiger partial charge is 0.306 e. The van der Waals surface area contributed by atoms with E-state index < -0.39 is 17.9 Å². The lowest BCUT2D eigenvalue weighted by Gasteiger charge is -2.42. The van der Waals surface area contributed by atoms with E-state index in [0.29, 0.717) is 19.5 Å². The Kier molecular flexibility index (Phi) is 4.96. The highest BCUT2D eigenvalue weighted by molar-refractivity contribution is 5.82. The quantitative estimate of drug-likeness (QED) is 0.822. The number of carbonyl (C=O) groups is 2. The van der Waals surface area contributed by atoms with Crippen molar-refractivity contribution in [2.24, 2.45) is 17.6 Å². The second kappa shape index (κ2) is 6.72. The molecule has 3 N–H and O–H groups in total. The summed E-state index contributed by atoms with van der Waals surface area (Å²) < 4.78 is 0. The molecule has 2 rings (SSSR count). The van der Waals surface area contributed by atoms with Crippen LogP contribution in [0.5, 0.6) is 0 Å². The minimum Gasteiger partial charge on any atom is -0.481 e. The third kappa shape index (κ3) is 3.82. The van der Waals surface area contributed by atoms with Crippen LogP contribution in [0.4, 0.5) is 0 Å². The van der Waals surface area contributed by atoms with Crippen molar-refractivity contribution in [2.45, 2.75) is 25.8 Å². The van der Waals surface area contributed by atoms with Crippen LogP contribution in [0.3, 0.4) is 0 Å². The van der Waals surface area contributed by atoms with E-state index in [0.717, 1.165) is 6.42 Å². The van der Waals surface area contributed by atoms with Crippen molar-refractivity contribution in [3.63, 3.8) is 0 Å². The van der Waals surface area contributed by atoms with Crippen molar-refractivity contribution >= 4 is 11.9 Å². The highest BCUT2D eigenvalue weighted by atomic mass is 16.4. The number of carboxylic acids is 1. The third-order valence-corrected chi connectivity index (χ3v) is 4.22. The van der Waals surface area contributed by atoms with E-state index in [9.17, 15) is 9.59 Å². The average Bonchev–Trinajstić information content (AvgIpc) is 2.43. The summed E-state index contributed by atoms with van der Waals surface area (Å²) in [6.07, 6.45) is 1.38. The van der Waals surface area contributed by atoms with Gasteiger partial charge in [-0.05, 0) is 18.4 Å². The maximum Gasteiger partial charge on any atom is 0.306 e. The number of carbonyl (C=O) groups excluding carboxylic acids is 1. The van der Waals surface area contributed by atoms with Gasteiger partial charge in [0, 0.05) is 19.0 Å². The molecule has 0 aromatic heterocycles. The molecular formula is C16H22N2O3. The van der Waals surface area contributed by atoms with Gasteiger partial charge in [0.1, 0.15) is 0 Å². The molecule has 1 aromatic rings. The predicted molar refractivity (Wildman–Crippen MR) is 79.6 cm³/mol. The monoisotopic (exact) mass is 290 g/mol. The van der Waals surface area contributed by atoms with Crippen molar-refractivity contribution in [1.29, 1.82) is 0 Å². The van der Waals surface area contributed by atoms with Gasteiger partial charge in [0.05, 0.1) is 12.0 Å². The molecule has 1 fully saturated rings. The van der Waals surface area contributed by atoms with Gasteiger partial charge < -0.3 is 15.7 Å². The molecule has 5 heteroatoms. The molecule has 114 valence electrons. The lowest BCUT2D eigenvalue weighted by Crippen LogP contribution is -2.57. The number of aryl methyl sites for hydroxylation is 1. The van der Waals surface area contributed by atoms with Crippen LogP contribution in [0.2, 0.25) is 0 Å². The Bertz CT molecular complexity index is 498. The van der Waals surface area contributed by atoms with E-state index in [1.807, 2.05) is 30.3 Å². The number of nitrogens with two attached hydrogens (primary N) is 1. The predicted octanol–water partition coefficient (Wildman–Crippen LogP) is 1.13. The van der Waals surface area contributed by atoms with Gasteiger partial charge in [0.2, 0.25) is 5.91 Å². The first-order valence-corrected chi connectivity index (χ1v) is 7.30. The molecular weight excluding hydrogens is 268 g/mol. The number of benzene rings is 1. The molecule has 1 aromatic carbocycles. The van der Waals surface area contributed by atoms with Gasteiger partial charge >= 0.3 is 5.97 Å². The van der Waals surface area contributed by atoms with Crippen LogP contribution in [-0.2, 0) is 16.0 Å². The van der Waals surface area contributed by atoms with Crippen molar-refractivity contribution in [3.8, 4) is 0 Å². The van der Waals surface area contributed by atoms with Crippen LogP contribution in [0.25, 0.3) is 0 Å². The zero-order chi connectivity index (χ0) is 15.4. The van der Waals surface area contributed by atoms with Gasteiger partial charge in [-0.2, -0.15) is 0 Å². The SMILES string of the molecule is CC(C(=O)O)C1CN(C(=O)[C@@H](N)CCc2ccccc2)C1. The zero-order valence-electron chi connectivity index (χ0n) is 12.2. The average molecular weight is 290 g/mol. The Morgan fingerprint density at radius 2 is 1.95 bits per heavy atom. The molecule has 1 saturated heterocycles. The molecule has 2 atom stereocenters. The Morgan fingerprint density at radius 3 is 2.52 bits per heavy atom. The van der Waals surface area contributed by atoms with Gasteiger partial charge in [-0.1, -0.05) is 37.3 Å². The number of likely N-dealkylation sites (tertiary alicyclic amines) is 1. The Labute approximate surface area is 124 Å². The van der Waals surface area contributed by atoms with Crippen LogP contribution in [0, 0.1) is 11.8 Å². The Balaban J connectivity index is 1.75. The van der Waals surface area contributed by atoms with E-state index in [2.05, 4.69) is 0 Å². The number of aliphatic carboxylic acids is 1.